The molecule has 144 valence electrons. The maximum atomic E-state index is 6.25. The minimum absolute atomic E-state index is 0.697. The fourth-order valence-electron chi connectivity index (χ4n) is 3.62. The molecule has 1 aromatic heterocycles. The Morgan fingerprint density at radius 1 is 0.533 bits per heavy atom. The van der Waals surface area contributed by atoms with Crippen LogP contribution >= 0.6 is 11.6 Å². The van der Waals surface area contributed by atoms with Gasteiger partial charge in [0.25, 0.3) is 0 Å². The molecule has 5 aromatic rings. The highest BCUT2D eigenvalue weighted by molar-refractivity contribution is 6.30. The van der Waals surface area contributed by atoms with Gasteiger partial charge in [-0.05, 0) is 23.3 Å². The van der Waals surface area contributed by atoms with E-state index >= 15 is 0 Å². The average Bonchev–Trinajstić information content (AvgIpc) is 3.26. The van der Waals surface area contributed by atoms with Crippen LogP contribution in [0.2, 0.25) is 5.02 Å². The minimum Gasteiger partial charge on any atom is -0.337 e. The molecule has 0 aliphatic carbocycles. The summed E-state index contributed by atoms with van der Waals surface area (Å²) in [4.78, 5) is 8.49. The molecule has 5 rings (SSSR count). The van der Waals surface area contributed by atoms with E-state index in [0.29, 0.717) is 5.02 Å². The van der Waals surface area contributed by atoms with Crippen molar-refractivity contribution >= 4 is 11.6 Å². The van der Waals surface area contributed by atoms with Crippen molar-refractivity contribution < 1.29 is 0 Å². The maximum absolute atomic E-state index is 6.25. The molecule has 0 atom stereocenters. The highest BCUT2D eigenvalue weighted by atomic mass is 35.5. The number of H-pyrrole nitrogens is 1. The van der Waals surface area contributed by atoms with E-state index in [0.717, 1.165) is 33.9 Å². The van der Waals surface area contributed by atoms with Crippen molar-refractivity contribution in [2.24, 2.45) is 0 Å². The molecule has 0 radical (unpaired) electrons. The molecule has 0 spiro atoms. The molecule has 0 aliphatic rings. The highest BCUT2D eigenvalue weighted by Crippen LogP contribution is 2.34. The molecule has 0 aliphatic heterocycles. The number of rotatable bonds is 4. The van der Waals surface area contributed by atoms with Crippen LogP contribution in [0.25, 0.3) is 45.0 Å². The van der Waals surface area contributed by atoms with Crippen molar-refractivity contribution in [3.8, 4) is 45.0 Å². The van der Waals surface area contributed by atoms with Crippen LogP contribution in [0.4, 0.5) is 0 Å². The Morgan fingerprint density at radius 3 is 1.77 bits per heavy atom. The first kappa shape index (κ1) is 18.4. The molecule has 2 nitrogen and oxygen atoms in total. The molecular formula is C27H19ClN2. The quantitative estimate of drug-likeness (QED) is 0.325. The van der Waals surface area contributed by atoms with E-state index in [1.54, 1.807) is 0 Å². The van der Waals surface area contributed by atoms with Crippen LogP contribution in [-0.2, 0) is 0 Å². The predicted octanol–water partition coefficient (Wildman–Crippen LogP) is 7.73. The van der Waals surface area contributed by atoms with E-state index in [1.165, 1.54) is 11.1 Å². The van der Waals surface area contributed by atoms with Crippen LogP contribution in [0.5, 0.6) is 0 Å². The van der Waals surface area contributed by atoms with Crippen LogP contribution < -0.4 is 0 Å². The summed E-state index contributed by atoms with van der Waals surface area (Å²) < 4.78 is 0. The van der Waals surface area contributed by atoms with Crippen LogP contribution in [0.1, 0.15) is 0 Å². The number of aromatic amines is 1. The largest absolute Gasteiger partial charge is 0.337 e. The number of aromatic nitrogens is 2. The van der Waals surface area contributed by atoms with Crippen molar-refractivity contribution in [2.75, 3.05) is 0 Å². The van der Waals surface area contributed by atoms with Crippen LogP contribution in [-0.4, -0.2) is 9.97 Å². The van der Waals surface area contributed by atoms with Crippen molar-refractivity contribution in [1.29, 1.82) is 0 Å². The standard InChI is InChI=1S/C27H19ClN2/c28-24-13-7-12-23(18-24)26-25(21-10-5-2-6-11-21)29-27(30-26)22-16-14-20(15-17-22)19-8-3-1-4-9-19/h1-18H,(H,29,30). The highest BCUT2D eigenvalue weighted by Gasteiger charge is 2.15. The van der Waals surface area contributed by atoms with Gasteiger partial charge in [-0.25, -0.2) is 4.98 Å². The van der Waals surface area contributed by atoms with E-state index in [2.05, 4.69) is 65.6 Å². The zero-order valence-electron chi connectivity index (χ0n) is 16.2. The molecule has 0 fully saturated rings. The van der Waals surface area contributed by atoms with Gasteiger partial charge in [-0.1, -0.05) is 109 Å². The van der Waals surface area contributed by atoms with Gasteiger partial charge < -0.3 is 4.98 Å². The summed E-state index contributed by atoms with van der Waals surface area (Å²) in [5, 5.41) is 0.697. The summed E-state index contributed by atoms with van der Waals surface area (Å²) in [5.41, 5.74) is 7.39. The first-order valence-electron chi connectivity index (χ1n) is 9.85. The monoisotopic (exact) mass is 406 g/mol. The molecule has 1 N–H and O–H groups in total. The second-order valence-corrected chi connectivity index (χ2v) is 7.57. The Bertz CT molecular complexity index is 1270. The van der Waals surface area contributed by atoms with Gasteiger partial charge in [0.05, 0.1) is 11.4 Å². The molecule has 4 aromatic carbocycles. The smallest absolute Gasteiger partial charge is 0.138 e. The zero-order valence-corrected chi connectivity index (χ0v) is 17.0. The van der Waals surface area contributed by atoms with E-state index in [4.69, 9.17) is 16.6 Å². The van der Waals surface area contributed by atoms with Crippen LogP contribution in [0.3, 0.4) is 0 Å². The van der Waals surface area contributed by atoms with Crippen molar-refractivity contribution in [3.05, 3.63) is 114 Å². The van der Waals surface area contributed by atoms with Gasteiger partial charge in [0, 0.05) is 21.7 Å². The fourth-order valence-corrected chi connectivity index (χ4v) is 3.81. The SMILES string of the molecule is Clc1cccc(-c2nc(-c3ccc(-c4ccccc4)cc3)[nH]c2-c2ccccc2)c1. The van der Waals surface area contributed by atoms with Gasteiger partial charge in [0.2, 0.25) is 0 Å². The second-order valence-electron chi connectivity index (χ2n) is 7.13. The topological polar surface area (TPSA) is 28.7 Å². The Hall–Kier alpha value is -3.62. The molecule has 30 heavy (non-hydrogen) atoms. The zero-order chi connectivity index (χ0) is 20.3. The third-order valence-electron chi connectivity index (χ3n) is 5.13. The van der Waals surface area contributed by atoms with Gasteiger partial charge in [0.15, 0.2) is 0 Å². The second kappa shape index (κ2) is 8.02. The van der Waals surface area contributed by atoms with E-state index in [1.807, 2.05) is 48.5 Å². The number of nitrogens with zero attached hydrogens (tertiary/aromatic N) is 1. The van der Waals surface area contributed by atoms with E-state index in [9.17, 15) is 0 Å². The van der Waals surface area contributed by atoms with Crippen molar-refractivity contribution in [3.63, 3.8) is 0 Å². The molecule has 0 saturated carbocycles. The fraction of sp³-hybridized carbons (Fsp3) is 0. The summed E-state index contributed by atoms with van der Waals surface area (Å²) in [7, 11) is 0. The third-order valence-corrected chi connectivity index (χ3v) is 5.36. The number of nitrogens with one attached hydrogen (secondary N) is 1. The Morgan fingerprint density at radius 2 is 1.10 bits per heavy atom. The number of imidazole rings is 1. The molecule has 0 unspecified atom stereocenters. The number of halogens is 1. The summed E-state index contributed by atoms with van der Waals surface area (Å²) in [6, 6.07) is 36.9. The van der Waals surface area contributed by atoms with Gasteiger partial charge in [0.1, 0.15) is 5.82 Å². The molecule has 0 saturated heterocycles. The molecule has 0 bridgehead atoms. The third kappa shape index (κ3) is 3.66. The summed E-state index contributed by atoms with van der Waals surface area (Å²) in [6.07, 6.45) is 0. The normalized spacial score (nSPS) is 10.8. The number of benzene rings is 4. The summed E-state index contributed by atoms with van der Waals surface area (Å²) in [6.45, 7) is 0. The Balaban J connectivity index is 1.59. The Kier molecular flexibility index (Phi) is 4.92. The van der Waals surface area contributed by atoms with Gasteiger partial charge in [-0.2, -0.15) is 0 Å². The molecule has 1 heterocycles. The minimum atomic E-state index is 0.697. The lowest BCUT2D eigenvalue weighted by molar-refractivity contribution is 1.31. The van der Waals surface area contributed by atoms with Gasteiger partial charge in [-0.3, -0.25) is 0 Å². The Labute approximate surface area is 180 Å². The lowest BCUT2D eigenvalue weighted by atomic mass is 10.0. The summed E-state index contributed by atoms with van der Waals surface area (Å²) >= 11 is 6.25. The van der Waals surface area contributed by atoms with Crippen LogP contribution in [0, 0.1) is 0 Å². The lowest BCUT2D eigenvalue weighted by Gasteiger charge is -2.03. The lowest BCUT2D eigenvalue weighted by Crippen LogP contribution is -1.83. The summed E-state index contributed by atoms with van der Waals surface area (Å²) in [5.74, 6) is 0.837. The first-order chi connectivity index (χ1) is 14.8. The van der Waals surface area contributed by atoms with E-state index < -0.39 is 0 Å². The van der Waals surface area contributed by atoms with Gasteiger partial charge >= 0.3 is 0 Å². The molecular weight excluding hydrogens is 388 g/mol. The van der Waals surface area contributed by atoms with Gasteiger partial charge in [-0.15, -0.1) is 0 Å². The van der Waals surface area contributed by atoms with Crippen LogP contribution in [0.15, 0.2) is 109 Å². The molecule has 0 amide bonds. The first-order valence-corrected chi connectivity index (χ1v) is 10.2. The maximum Gasteiger partial charge on any atom is 0.138 e. The van der Waals surface area contributed by atoms with E-state index in [-0.39, 0.29) is 0 Å². The van der Waals surface area contributed by atoms with Crippen molar-refractivity contribution in [2.45, 2.75) is 0 Å². The average molecular weight is 407 g/mol. The number of hydrogen-bond acceptors (Lipinski definition) is 1. The molecule has 3 heteroatoms. The predicted molar refractivity (Wildman–Crippen MR) is 125 cm³/mol. The van der Waals surface area contributed by atoms with Crippen molar-refractivity contribution in [1.82, 2.24) is 9.97 Å². The number of hydrogen-bond donors (Lipinski definition) is 1.